The first-order valence-corrected chi connectivity index (χ1v) is 7.38. The maximum Gasteiger partial charge on any atom is 0.305 e. The van der Waals surface area contributed by atoms with Crippen LogP contribution in [0.3, 0.4) is 0 Å². The van der Waals surface area contributed by atoms with Crippen LogP contribution in [0.4, 0.5) is 10.1 Å². The van der Waals surface area contributed by atoms with Crippen molar-refractivity contribution >= 4 is 17.4 Å². The Morgan fingerprint density at radius 1 is 1.29 bits per heavy atom. The van der Waals surface area contributed by atoms with Gasteiger partial charge in [0.05, 0.1) is 4.92 Å². The highest BCUT2D eigenvalue weighted by molar-refractivity contribution is 7.98. The molecule has 0 saturated carbocycles. The van der Waals surface area contributed by atoms with Crippen LogP contribution in [-0.4, -0.2) is 12.0 Å². The van der Waals surface area contributed by atoms with E-state index in [1.54, 1.807) is 6.07 Å². The molecule has 0 bridgehead atoms. The van der Waals surface area contributed by atoms with Crippen molar-refractivity contribution < 1.29 is 9.31 Å². The normalized spacial score (nSPS) is 10.6. The molecule has 2 rings (SSSR count). The Morgan fingerprint density at radius 2 is 2.05 bits per heavy atom. The van der Waals surface area contributed by atoms with Crippen LogP contribution in [0.25, 0.3) is 0 Å². The quantitative estimate of drug-likeness (QED) is 0.502. The van der Waals surface area contributed by atoms with Crippen LogP contribution in [-0.2, 0) is 12.3 Å². The molecule has 21 heavy (non-hydrogen) atoms. The molecule has 0 saturated heterocycles. The third kappa shape index (κ3) is 4.03. The number of nitro benzene ring substituents is 1. The van der Waals surface area contributed by atoms with Gasteiger partial charge in [0.15, 0.2) is 0 Å². The van der Waals surface area contributed by atoms with E-state index in [2.05, 4.69) is 5.32 Å². The predicted octanol–water partition coefficient (Wildman–Crippen LogP) is 3.75. The first kappa shape index (κ1) is 15.5. The molecule has 2 aromatic carbocycles. The van der Waals surface area contributed by atoms with Gasteiger partial charge in [0.25, 0.3) is 0 Å². The number of nitro groups is 1. The summed E-state index contributed by atoms with van der Waals surface area (Å²) < 4.78 is 14.0. The van der Waals surface area contributed by atoms with Crippen LogP contribution < -0.4 is 5.32 Å². The van der Waals surface area contributed by atoms with Crippen molar-refractivity contribution in [3.05, 3.63) is 69.5 Å². The molecule has 2 aromatic rings. The Balaban J connectivity index is 2.11. The minimum absolute atomic E-state index is 0.341. The average Bonchev–Trinajstić information content (AvgIpc) is 2.46. The molecule has 1 N–H and O–H groups in total. The average molecular weight is 306 g/mol. The van der Waals surface area contributed by atoms with Gasteiger partial charge in [-0.3, -0.25) is 10.1 Å². The van der Waals surface area contributed by atoms with E-state index in [4.69, 9.17) is 0 Å². The van der Waals surface area contributed by atoms with Crippen molar-refractivity contribution in [3.63, 3.8) is 0 Å². The molecule has 0 spiro atoms. The fourth-order valence-electron chi connectivity index (χ4n) is 1.93. The molecule has 0 radical (unpaired) electrons. The van der Waals surface area contributed by atoms with Crippen molar-refractivity contribution in [2.24, 2.45) is 0 Å². The van der Waals surface area contributed by atoms with Crippen LogP contribution in [0.15, 0.2) is 47.4 Å². The largest absolute Gasteiger partial charge is 0.316 e. The maximum atomic E-state index is 14.0. The van der Waals surface area contributed by atoms with E-state index in [1.807, 2.05) is 31.3 Å². The summed E-state index contributed by atoms with van der Waals surface area (Å²) in [5, 5.41) is 13.8. The van der Waals surface area contributed by atoms with Gasteiger partial charge in [-0.25, -0.2) is 0 Å². The van der Waals surface area contributed by atoms with Gasteiger partial charge >= 0.3 is 5.69 Å². The van der Waals surface area contributed by atoms with E-state index in [-0.39, 0.29) is 0 Å². The molecule has 4 nitrogen and oxygen atoms in total. The highest BCUT2D eigenvalue weighted by Gasteiger charge is 2.17. The highest BCUT2D eigenvalue weighted by Crippen LogP contribution is 2.28. The van der Waals surface area contributed by atoms with Crippen LogP contribution in [0.1, 0.15) is 11.1 Å². The summed E-state index contributed by atoms with van der Waals surface area (Å²) in [5.74, 6) is -0.391. The van der Waals surface area contributed by atoms with E-state index < -0.39 is 16.4 Å². The SMILES string of the molecule is CNCc1cccc(SCc2cccc([N+](=O)[O-])c2F)c1. The molecule has 110 valence electrons. The van der Waals surface area contributed by atoms with Crippen LogP contribution in [0.2, 0.25) is 0 Å². The minimum Gasteiger partial charge on any atom is -0.316 e. The Morgan fingerprint density at radius 3 is 2.76 bits per heavy atom. The van der Waals surface area contributed by atoms with Gasteiger partial charge in [0, 0.05) is 28.8 Å². The Hall–Kier alpha value is -1.92. The second kappa shape index (κ2) is 7.19. The van der Waals surface area contributed by atoms with Crippen molar-refractivity contribution in [1.82, 2.24) is 5.32 Å². The summed E-state index contributed by atoms with van der Waals surface area (Å²) in [6.07, 6.45) is 0. The van der Waals surface area contributed by atoms with E-state index in [1.165, 1.54) is 23.9 Å². The molecule has 0 aliphatic heterocycles. The molecule has 0 amide bonds. The fraction of sp³-hybridized carbons (Fsp3) is 0.200. The zero-order valence-corrected chi connectivity index (χ0v) is 12.3. The lowest BCUT2D eigenvalue weighted by molar-refractivity contribution is -0.387. The van der Waals surface area contributed by atoms with Gasteiger partial charge in [-0.15, -0.1) is 11.8 Å². The Labute approximate surface area is 126 Å². The molecule has 0 heterocycles. The zero-order valence-electron chi connectivity index (χ0n) is 11.5. The minimum atomic E-state index is -0.749. The number of benzene rings is 2. The number of halogens is 1. The molecule has 0 fully saturated rings. The van der Waals surface area contributed by atoms with Crippen molar-refractivity contribution in [3.8, 4) is 0 Å². The van der Waals surface area contributed by atoms with E-state index in [9.17, 15) is 14.5 Å². The smallest absolute Gasteiger partial charge is 0.305 e. The first-order valence-electron chi connectivity index (χ1n) is 6.40. The third-order valence-corrected chi connectivity index (χ3v) is 3.97. The standard InChI is InChI=1S/C15H15FN2O2S/c1-17-9-11-4-2-6-13(8-11)21-10-12-5-3-7-14(15(12)16)18(19)20/h2-8,17H,9-10H2,1H3. The lowest BCUT2D eigenvalue weighted by Gasteiger charge is -2.06. The van der Waals surface area contributed by atoms with Gasteiger partial charge in [0.2, 0.25) is 5.82 Å². The molecular weight excluding hydrogens is 291 g/mol. The summed E-state index contributed by atoms with van der Waals surface area (Å²) in [6.45, 7) is 0.763. The number of hydrogen-bond donors (Lipinski definition) is 1. The Bertz CT molecular complexity index is 649. The number of hydrogen-bond acceptors (Lipinski definition) is 4. The summed E-state index contributed by atoms with van der Waals surface area (Å²) >= 11 is 1.46. The molecule has 0 aliphatic carbocycles. The maximum absolute atomic E-state index is 14.0. The van der Waals surface area contributed by atoms with E-state index in [0.29, 0.717) is 11.3 Å². The van der Waals surface area contributed by atoms with Crippen molar-refractivity contribution in [2.45, 2.75) is 17.2 Å². The van der Waals surface area contributed by atoms with Crippen LogP contribution in [0.5, 0.6) is 0 Å². The van der Waals surface area contributed by atoms with Crippen LogP contribution in [0, 0.1) is 15.9 Å². The van der Waals surface area contributed by atoms with Gasteiger partial charge in [-0.2, -0.15) is 4.39 Å². The molecular formula is C15H15FN2O2S. The van der Waals surface area contributed by atoms with Gasteiger partial charge < -0.3 is 5.32 Å². The van der Waals surface area contributed by atoms with Gasteiger partial charge in [-0.05, 0) is 24.7 Å². The monoisotopic (exact) mass is 306 g/mol. The lowest BCUT2D eigenvalue weighted by Crippen LogP contribution is -2.04. The highest BCUT2D eigenvalue weighted by atomic mass is 32.2. The molecule has 0 atom stereocenters. The molecule has 6 heteroatoms. The zero-order chi connectivity index (χ0) is 15.2. The van der Waals surface area contributed by atoms with Crippen molar-refractivity contribution in [1.29, 1.82) is 0 Å². The Kier molecular flexibility index (Phi) is 5.30. The van der Waals surface area contributed by atoms with Crippen molar-refractivity contribution in [2.75, 3.05) is 7.05 Å². The number of thioether (sulfide) groups is 1. The molecule has 0 aromatic heterocycles. The number of nitrogens with zero attached hydrogens (tertiary/aromatic N) is 1. The lowest BCUT2D eigenvalue weighted by atomic mass is 10.2. The summed E-state index contributed by atoms with van der Waals surface area (Å²) in [5.41, 5.74) is 1.01. The van der Waals surface area contributed by atoms with E-state index in [0.717, 1.165) is 17.0 Å². The first-order chi connectivity index (χ1) is 10.1. The predicted molar refractivity (Wildman–Crippen MR) is 81.8 cm³/mol. The summed E-state index contributed by atoms with van der Waals surface area (Å²) in [7, 11) is 1.87. The van der Waals surface area contributed by atoms with Gasteiger partial charge in [0.1, 0.15) is 0 Å². The molecule has 0 unspecified atom stereocenters. The second-order valence-corrected chi connectivity index (χ2v) is 5.52. The summed E-state index contributed by atoms with van der Waals surface area (Å²) in [6, 6.07) is 12.2. The molecule has 0 aliphatic rings. The summed E-state index contributed by atoms with van der Waals surface area (Å²) in [4.78, 5) is 11.0. The number of nitrogens with one attached hydrogen (secondary N) is 1. The second-order valence-electron chi connectivity index (χ2n) is 4.47. The number of rotatable bonds is 6. The topological polar surface area (TPSA) is 55.2 Å². The van der Waals surface area contributed by atoms with Gasteiger partial charge in [-0.1, -0.05) is 24.3 Å². The van der Waals surface area contributed by atoms with E-state index >= 15 is 0 Å². The third-order valence-electron chi connectivity index (χ3n) is 2.93. The fourth-order valence-corrected chi connectivity index (χ4v) is 2.88. The van der Waals surface area contributed by atoms with Crippen LogP contribution >= 0.6 is 11.8 Å².